The fourth-order valence-corrected chi connectivity index (χ4v) is 2.75. The molecule has 2 aromatic rings. The molecule has 140 valence electrons. The number of hydrogen-bond acceptors (Lipinski definition) is 4. The molecule has 2 rings (SSSR count). The summed E-state index contributed by atoms with van der Waals surface area (Å²) in [5.74, 6) is 1.20. The second-order valence-corrected chi connectivity index (χ2v) is 5.84. The van der Waals surface area contributed by atoms with Crippen LogP contribution in [-0.2, 0) is 6.42 Å². The minimum Gasteiger partial charge on any atom is -0.490 e. The molecule has 0 unspecified atom stereocenters. The van der Waals surface area contributed by atoms with Crippen LogP contribution in [0.15, 0.2) is 48.5 Å². The zero-order valence-electron chi connectivity index (χ0n) is 15.6. The molecule has 0 saturated carbocycles. The molecule has 2 N–H and O–H groups in total. The van der Waals surface area contributed by atoms with Gasteiger partial charge in [-0.1, -0.05) is 30.3 Å². The van der Waals surface area contributed by atoms with Crippen LogP contribution in [0.25, 0.3) is 0 Å². The molecule has 0 aliphatic rings. The number of carbonyl (C=O) groups is 1. The Labute approximate surface area is 155 Å². The van der Waals surface area contributed by atoms with E-state index in [9.17, 15) is 4.79 Å². The van der Waals surface area contributed by atoms with Crippen LogP contribution in [0.4, 0.5) is 0 Å². The molecule has 1 amide bonds. The van der Waals surface area contributed by atoms with Crippen molar-refractivity contribution in [2.24, 2.45) is 5.73 Å². The van der Waals surface area contributed by atoms with Crippen molar-refractivity contribution in [1.29, 1.82) is 0 Å². The van der Waals surface area contributed by atoms with Gasteiger partial charge in [-0.2, -0.15) is 0 Å². The first kappa shape index (κ1) is 19.8. The van der Waals surface area contributed by atoms with E-state index in [2.05, 4.69) is 12.1 Å². The number of nitrogens with zero attached hydrogens (tertiary/aromatic N) is 1. The van der Waals surface area contributed by atoms with Gasteiger partial charge in [-0.3, -0.25) is 4.79 Å². The predicted octanol–water partition coefficient (Wildman–Crippen LogP) is 3.13. The Bertz CT molecular complexity index is 689. The highest BCUT2D eigenvalue weighted by Gasteiger charge is 2.17. The van der Waals surface area contributed by atoms with Crippen molar-refractivity contribution in [3.05, 3.63) is 59.7 Å². The molecule has 0 aliphatic heterocycles. The molecular weight excluding hydrogens is 328 g/mol. The molecule has 0 spiro atoms. The fourth-order valence-electron chi connectivity index (χ4n) is 2.75. The minimum atomic E-state index is -0.0459. The van der Waals surface area contributed by atoms with Crippen molar-refractivity contribution < 1.29 is 14.3 Å². The maximum atomic E-state index is 13.0. The first-order valence-corrected chi connectivity index (χ1v) is 9.12. The van der Waals surface area contributed by atoms with Crippen molar-refractivity contribution >= 4 is 5.91 Å². The third-order valence-electron chi connectivity index (χ3n) is 3.99. The second kappa shape index (κ2) is 10.5. The van der Waals surface area contributed by atoms with Gasteiger partial charge >= 0.3 is 0 Å². The molecule has 0 bridgehead atoms. The lowest BCUT2D eigenvalue weighted by Crippen LogP contribution is -2.37. The van der Waals surface area contributed by atoms with Gasteiger partial charge in [0.2, 0.25) is 0 Å². The molecule has 0 radical (unpaired) electrons. The van der Waals surface area contributed by atoms with E-state index >= 15 is 0 Å². The van der Waals surface area contributed by atoms with Gasteiger partial charge in [0.1, 0.15) is 0 Å². The highest BCUT2D eigenvalue weighted by molar-refractivity contribution is 5.95. The number of amides is 1. The third kappa shape index (κ3) is 5.49. The van der Waals surface area contributed by atoms with E-state index in [1.165, 1.54) is 5.56 Å². The zero-order valence-corrected chi connectivity index (χ0v) is 15.6. The second-order valence-electron chi connectivity index (χ2n) is 5.84. The summed E-state index contributed by atoms with van der Waals surface area (Å²) in [5, 5.41) is 0. The van der Waals surface area contributed by atoms with E-state index < -0.39 is 0 Å². The summed E-state index contributed by atoms with van der Waals surface area (Å²) in [6.45, 7) is 6.45. The monoisotopic (exact) mass is 356 g/mol. The largest absolute Gasteiger partial charge is 0.490 e. The maximum absolute atomic E-state index is 13.0. The summed E-state index contributed by atoms with van der Waals surface area (Å²) in [6.07, 6.45) is 0.794. The average Bonchev–Trinajstić information content (AvgIpc) is 2.67. The van der Waals surface area contributed by atoms with Gasteiger partial charge in [-0.25, -0.2) is 0 Å². The lowest BCUT2D eigenvalue weighted by atomic mass is 10.1. The minimum absolute atomic E-state index is 0.0459. The molecule has 0 aromatic heterocycles. The summed E-state index contributed by atoms with van der Waals surface area (Å²) < 4.78 is 11.2. The first-order chi connectivity index (χ1) is 12.7. The first-order valence-electron chi connectivity index (χ1n) is 9.12. The number of nitrogens with two attached hydrogens (primary N) is 1. The van der Waals surface area contributed by atoms with Gasteiger partial charge in [-0.05, 0) is 44.0 Å². The Morgan fingerprint density at radius 2 is 1.65 bits per heavy atom. The molecule has 0 saturated heterocycles. The third-order valence-corrected chi connectivity index (χ3v) is 3.99. The Morgan fingerprint density at radius 3 is 2.31 bits per heavy atom. The quantitative estimate of drug-likeness (QED) is 0.710. The smallest absolute Gasteiger partial charge is 0.254 e. The molecule has 0 fully saturated rings. The Balaban J connectivity index is 2.15. The van der Waals surface area contributed by atoms with Crippen molar-refractivity contribution in [3.63, 3.8) is 0 Å². The van der Waals surface area contributed by atoms with E-state index in [0.29, 0.717) is 49.9 Å². The van der Waals surface area contributed by atoms with Gasteiger partial charge in [0.25, 0.3) is 5.91 Å². The van der Waals surface area contributed by atoms with Gasteiger partial charge in [0.05, 0.1) is 13.2 Å². The van der Waals surface area contributed by atoms with Crippen molar-refractivity contribution in [2.75, 3.05) is 32.8 Å². The van der Waals surface area contributed by atoms with E-state index in [-0.39, 0.29) is 5.91 Å². The van der Waals surface area contributed by atoms with Gasteiger partial charge in [0, 0.05) is 25.2 Å². The highest BCUT2D eigenvalue weighted by Crippen LogP contribution is 2.29. The highest BCUT2D eigenvalue weighted by atomic mass is 16.5. The Hall–Kier alpha value is -2.53. The lowest BCUT2D eigenvalue weighted by molar-refractivity contribution is 0.0761. The standard InChI is InChI=1S/C21H28N2O3/c1-3-25-19-11-10-18(16-20(19)26-4-2)21(24)23(15-13-22)14-12-17-8-6-5-7-9-17/h5-11,16H,3-4,12-15,22H2,1-2H3. The number of benzene rings is 2. The fraction of sp³-hybridized carbons (Fsp3) is 0.381. The van der Waals surface area contributed by atoms with Gasteiger partial charge in [-0.15, -0.1) is 0 Å². The van der Waals surface area contributed by atoms with Crippen LogP contribution in [0.2, 0.25) is 0 Å². The summed E-state index contributed by atoms with van der Waals surface area (Å²) in [4.78, 5) is 14.7. The Morgan fingerprint density at radius 1 is 0.962 bits per heavy atom. The molecular formula is C21H28N2O3. The van der Waals surface area contributed by atoms with Crippen LogP contribution in [0.1, 0.15) is 29.8 Å². The van der Waals surface area contributed by atoms with Crippen LogP contribution >= 0.6 is 0 Å². The van der Waals surface area contributed by atoms with E-state index in [4.69, 9.17) is 15.2 Å². The maximum Gasteiger partial charge on any atom is 0.254 e. The number of carbonyl (C=O) groups excluding carboxylic acids is 1. The summed E-state index contributed by atoms with van der Waals surface area (Å²) in [5.41, 5.74) is 7.50. The Kier molecular flexibility index (Phi) is 7.96. The molecule has 26 heavy (non-hydrogen) atoms. The van der Waals surface area contributed by atoms with Gasteiger partial charge in [0.15, 0.2) is 11.5 Å². The van der Waals surface area contributed by atoms with E-state index in [1.807, 2.05) is 32.0 Å². The van der Waals surface area contributed by atoms with Crippen LogP contribution < -0.4 is 15.2 Å². The van der Waals surface area contributed by atoms with Crippen molar-refractivity contribution in [3.8, 4) is 11.5 Å². The lowest BCUT2D eigenvalue weighted by Gasteiger charge is -2.23. The topological polar surface area (TPSA) is 64.8 Å². The predicted molar refractivity (Wildman–Crippen MR) is 104 cm³/mol. The summed E-state index contributed by atoms with van der Waals surface area (Å²) in [7, 11) is 0. The van der Waals surface area contributed by atoms with Crippen LogP contribution in [-0.4, -0.2) is 43.7 Å². The summed E-state index contributed by atoms with van der Waals surface area (Å²) >= 11 is 0. The van der Waals surface area contributed by atoms with Gasteiger partial charge < -0.3 is 20.1 Å². The molecule has 0 atom stereocenters. The van der Waals surface area contributed by atoms with Crippen molar-refractivity contribution in [2.45, 2.75) is 20.3 Å². The average molecular weight is 356 g/mol. The number of hydrogen-bond donors (Lipinski definition) is 1. The summed E-state index contributed by atoms with van der Waals surface area (Å²) in [6, 6.07) is 15.5. The number of ether oxygens (including phenoxy) is 2. The van der Waals surface area contributed by atoms with Crippen molar-refractivity contribution in [1.82, 2.24) is 4.90 Å². The zero-order chi connectivity index (χ0) is 18.8. The van der Waals surface area contributed by atoms with Crippen LogP contribution in [0, 0.1) is 0 Å². The SMILES string of the molecule is CCOc1ccc(C(=O)N(CCN)CCc2ccccc2)cc1OCC. The molecule has 0 aliphatic carbocycles. The molecule has 2 aromatic carbocycles. The number of rotatable bonds is 10. The molecule has 5 heteroatoms. The van der Waals surface area contributed by atoms with E-state index in [1.54, 1.807) is 23.1 Å². The molecule has 0 heterocycles. The van der Waals surface area contributed by atoms with E-state index in [0.717, 1.165) is 6.42 Å². The van der Waals surface area contributed by atoms with Crippen LogP contribution in [0.5, 0.6) is 11.5 Å². The normalized spacial score (nSPS) is 10.4. The van der Waals surface area contributed by atoms with Crippen LogP contribution in [0.3, 0.4) is 0 Å². The molecule has 5 nitrogen and oxygen atoms in total.